The van der Waals surface area contributed by atoms with E-state index in [0.29, 0.717) is 11.3 Å². The molecule has 0 radical (unpaired) electrons. The molecule has 1 aromatic carbocycles. The summed E-state index contributed by atoms with van der Waals surface area (Å²) in [5.41, 5.74) is 5.86. The molecule has 0 heterocycles. The summed E-state index contributed by atoms with van der Waals surface area (Å²) in [6.07, 6.45) is 0. The number of carbonyl (C=O) groups is 2. The number of nitrogens with zero attached hydrogens (tertiary/aromatic N) is 3. The predicted molar refractivity (Wildman–Crippen MR) is 59.7 cm³/mol. The van der Waals surface area contributed by atoms with E-state index in [0.717, 1.165) is 0 Å². The fourth-order valence-corrected chi connectivity index (χ4v) is 1.08. The van der Waals surface area contributed by atoms with Crippen LogP contribution in [0.15, 0.2) is 34.6 Å². The molecule has 7 heteroatoms. The molecular formula is C10H12N4O3. The number of likely N-dealkylation sites (N-methyl/N-ethyl adjacent to an activating group) is 1. The number of carboxylic acid groups (broad SMARTS) is 1. The summed E-state index contributed by atoms with van der Waals surface area (Å²) in [5.74, 6) is -1.56. The van der Waals surface area contributed by atoms with Crippen LogP contribution in [0.25, 0.3) is 0 Å². The first-order valence-corrected chi connectivity index (χ1v) is 4.73. The van der Waals surface area contributed by atoms with Gasteiger partial charge >= 0.3 is 5.97 Å². The highest BCUT2D eigenvalue weighted by Crippen LogP contribution is 2.14. The molecule has 0 bridgehead atoms. The molecule has 0 spiro atoms. The van der Waals surface area contributed by atoms with Crippen molar-refractivity contribution in [2.45, 2.75) is 0 Å². The highest BCUT2D eigenvalue weighted by atomic mass is 16.4. The quantitative estimate of drug-likeness (QED) is 0.582. The van der Waals surface area contributed by atoms with Crippen molar-refractivity contribution in [3.63, 3.8) is 0 Å². The Bertz CT molecular complexity index is 459. The summed E-state index contributed by atoms with van der Waals surface area (Å²) in [7, 11) is 1.48. The lowest BCUT2D eigenvalue weighted by atomic mass is 10.2. The average molecular weight is 236 g/mol. The van der Waals surface area contributed by atoms with E-state index in [9.17, 15) is 9.59 Å². The van der Waals surface area contributed by atoms with Crippen molar-refractivity contribution in [1.29, 1.82) is 0 Å². The third-order valence-electron chi connectivity index (χ3n) is 1.81. The van der Waals surface area contributed by atoms with Crippen molar-refractivity contribution < 1.29 is 14.7 Å². The van der Waals surface area contributed by atoms with Crippen LogP contribution in [-0.2, 0) is 4.79 Å². The minimum Gasteiger partial charge on any atom is -0.480 e. The summed E-state index contributed by atoms with van der Waals surface area (Å²) < 4.78 is 0. The van der Waals surface area contributed by atoms with Crippen LogP contribution < -0.4 is 5.73 Å². The van der Waals surface area contributed by atoms with Gasteiger partial charge < -0.3 is 10.8 Å². The zero-order chi connectivity index (χ0) is 12.8. The van der Waals surface area contributed by atoms with Crippen molar-refractivity contribution in [2.75, 3.05) is 13.6 Å². The first-order chi connectivity index (χ1) is 7.99. The van der Waals surface area contributed by atoms with Gasteiger partial charge in [-0.05, 0) is 18.2 Å². The van der Waals surface area contributed by atoms with Crippen LogP contribution in [0, 0.1) is 0 Å². The summed E-state index contributed by atoms with van der Waals surface area (Å²) in [6, 6.07) is 6.28. The summed E-state index contributed by atoms with van der Waals surface area (Å²) in [6.45, 7) is -0.251. The van der Waals surface area contributed by atoms with E-state index < -0.39 is 11.9 Å². The Morgan fingerprint density at radius 3 is 2.76 bits per heavy atom. The zero-order valence-electron chi connectivity index (χ0n) is 9.20. The molecule has 7 nitrogen and oxygen atoms in total. The van der Waals surface area contributed by atoms with Crippen LogP contribution in [0.3, 0.4) is 0 Å². The van der Waals surface area contributed by atoms with Crippen molar-refractivity contribution >= 4 is 17.6 Å². The molecule has 0 atom stereocenters. The van der Waals surface area contributed by atoms with Crippen LogP contribution in [0.1, 0.15) is 10.4 Å². The molecular weight excluding hydrogens is 224 g/mol. The molecule has 3 N–H and O–H groups in total. The maximum Gasteiger partial charge on any atom is 0.324 e. The molecule has 17 heavy (non-hydrogen) atoms. The Kier molecular flexibility index (Phi) is 4.15. The van der Waals surface area contributed by atoms with Crippen LogP contribution >= 0.6 is 0 Å². The van der Waals surface area contributed by atoms with Gasteiger partial charge in [0.15, 0.2) is 0 Å². The smallest absolute Gasteiger partial charge is 0.324 e. The lowest BCUT2D eigenvalue weighted by Gasteiger charge is -2.06. The van der Waals surface area contributed by atoms with Crippen molar-refractivity contribution in [2.24, 2.45) is 16.1 Å². The van der Waals surface area contributed by atoms with Gasteiger partial charge in [-0.3, -0.25) is 14.6 Å². The molecule has 0 aliphatic rings. The molecule has 0 saturated carbocycles. The van der Waals surface area contributed by atoms with E-state index in [4.69, 9.17) is 10.8 Å². The maximum atomic E-state index is 10.9. The van der Waals surface area contributed by atoms with Gasteiger partial charge in [0.1, 0.15) is 6.54 Å². The SMILES string of the molecule is CN(CC(=O)O)N=Nc1cccc(C(N)=O)c1. The fourth-order valence-electron chi connectivity index (χ4n) is 1.08. The van der Waals surface area contributed by atoms with Gasteiger partial charge in [-0.15, -0.1) is 5.11 Å². The van der Waals surface area contributed by atoms with Gasteiger partial charge in [-0.25, -0.2) is 0 Å². The Morgan fingerprint density at radius 2 is 2.18 bits per heavy atom. The molecule has 90 valence electrons. The molecule has 0 fully saturated rings. The highest BCUT2D eigenvalue weighted by molar-refractivity contribution is 5.93. The van der Waals surface area contributed by atoms with Gasteiger partial charge in [0.2, 0.25) is 5.91 Å². The van der Waals surface area contributed by atoms with Gasteiger partial charge in [0.25, 0.3) is 0 Å². The van der Waals surface area contributed by atoms with Gasteiger partial charge in [-0.1, -0.05) is 11.3 Å². The second-order valence-electron chi connectivity index (χ2n) is 3.31. The van der Waals surface area contributed by atoms with Crippen LogP contribution in [0.4, 0.5) is 5.69 Å². The fraction of sp³-hybridized carbons (Fsp3) is 0.200. The number of aliphatic carboxylic acids is 1. The number of hydrogen-bond acceptors (Lipinski definition) is 4. The largest absolute Gasteiger partial charge is 0.480 e. The number of benzene rings is 1. The molecule has 1 aromatic rings. The third kappa shape index (κ3) is 4.29. The van der Waals surface area contributed by atoms with Crippen molar-refractivity contribution in [1.82, 2.24) is 5.01 Å². The van der Waals surface area contributed by atoms with E-state index >= 15 is 0 Å². The van der Waals surface area contributed by atoms with Crippen molar-refractivity contribution in [3.8, 4) is 0 Å². The Morgan fingerprint density at radius 1 is 1.47 bits per heavy atom. The van der Waals surface area contributed by atoms with E-state index in [2.05, 4.69) is 10.3 Å². The van der Waals surface area contributed by atoms with E-state index in [-0.39, 0.29) is 6.54 Å². The van der Waals surface area contributed by atoms with E-state index in [1.165, 1.54) is 18.1 Å². The molecule has 0 saturated heterocycles. The van der Waals surface area contributed by atoms with Gasteiger partial charge in [0, 0.05) is 12.6 Å². The van der Waals surface area contributed by atoms with Crippen LogP contribution in [0.2, 0.25) is 0 Å². The molecule has 0 unspecified atom stereocenters. The Labute approximate surface area is 97.5 Å². The normalized spacial score (nSPS) is 10.4. The number of primary amides is 1. The lowest BCUT2D eigenvalue weighted by Crippen LogP contribution is -2.19. The maximum absolute atomic E-state index is 10.9. The van der Waals surface area contributed by atoms with Gasteiger partial charge in [-0.2, -0.15) is 0 Å². The number of nitrogens with two attached hydrogens (primary N) is 1. The molecule has 1 rings (SSSR count). The van der Waals surface area contributed by atoms with E-state index in [1.807, 2.05) is 0 Å². The predicted octanol–water partition coefficient (Wildman–Crippen LogP) is 0.801. The monoisotopic (exact) mass is 236 g/mol. The molecule has 0 aliphatic heterocycles. The minimum absolute atomic E-state index is 0.251. The first kappa shape index (κ1) is 12.6. The highest BCUT2D eigenvalue weighted by Gasteiger charge is 2.02. The number of carbonyl (C=O) groups excluding carboxylic acids is 1. The number of rotatable bonds is 5. The standard InChI is InChI=1S/C10H12N4O3/c1-14(6-9(15)16)13-12-8-4-2-3-7(5-8)10(11)17/h2-5H,6H2,1H3,(H2,11,17)(H,15,16). The second-order valence-corrected chi connectivity index (χ2v) is 3.31. The number of carboxylic acids is 1. The summed E-state index contributed by atoms with van der Waals surface area (Å²) in [5, 5.41) is 17.1. The minimum atomic E-state index is -1.00. The van der Waals surface area contributed by atoms with Crippen LogP contribution in [-0.4, -0.2) is 35.6 Å². The lowest BCUT2D eigenvalue weighted by molar-refractivity contribution is -0.138. The topological polar surface area (TPSA) is 108 Å². The number of hydrogen-bond donors (Lipinski definition) is 2. The second kappa shape index (κ2) is 5.59. The van der Waals surface area contributed by atoms with E-state index in [1.54, 1.807) is 18.2 Å². The molecule has 1 amide bonds. The average Bonchev–Trinajstić information content (AvgIpc) is 2.26. The zero-order valence-corrected chi connectivity index (χ0v) is 9.20. The Balaban J connectivity index is 2.74. The molecule has 0 aromatic heterocycles. The Hall–Kier alpha value is -2.44. The molecule has 0 aliphatic carbocycles. The summed E-state index contributed by atoms with van der Waals surface area (Å²) >= 11 is 0. The van der Waals surface area contributed by atoms with Crippen LogP contribution in [0.5, 0.6) is 0 Å². The first-order valence-electron chi connectivity index (χ1n) is 4.73. The number of amides is 1. The van der Waals surface area contributed by atoms with Crippen molar-refractivity contribution in [3.05, 3.63) is 29.8 Å². The van der Waals surface area contributed by atoms with Gasteiger partial charge in [0.05, 0.1) is 5.69 Å². The summed E-state index contributed by atoms with van der Waals surface area (Å²) in [4.78, 5) is 21.3. The third-order valence-corrected chi connectivity index (χ3v) is 1.81.